The van der Waals surface area contributed by atoms with Crippen LogP contribution in [0, 0.1) is 0 Å². The van der Waals surface area contributed by atoms with Crippen molar-refractivity contribution in [2.24, 2.45) is 0 Å². The van der Waals surface area contributed by atoms with Crippen LogP contribution in [-0.4, -0.2) is 62.7 Å². The second kappa shape index (κ2) is 6.08. The lowest BCUT2D eigenvalue weighted by Crippen LogP contribution is -2.56. The Morgan fingerprint density at radius 2 is 2.14 bits per heavy atom. The van der Waals surface area contributed by atoms with Gasteiger partial charge in [0, 0.05) is 30.7 Å². The average Bonchev–Trinajstić information content (AvgIpc) is 2.86. The van der Waals surface area contributed by atoms with Gasteiger partial charge >= 0.3 is 5.97 Å². The lowest BCUT2D eigenvalue weighted by molar-refractivity contribution is -0.150. The van der Waals surface area contributed by atoms with E-state index >= 15 is 0 Å². The van der Waals surface area contributed by atoms with Crippen molar-refractivity contribution in [2.75, 3.05) is 19.6 Å². The molecule has 0 bridgehead atoms. The predicted molar refractivity (Wildman–Crippen MR) is 81.4 cm³/mol. The van der Waals surface area contributed by atoms with Crippen molar-refractivity contribution in [1.82, 2.24) is 20.0 Å². The third-order valence-corrected chi connectivity index (χ3v) is 3.97. The molecular formula is C15H24N4O3. The van der Waals surface area contributed by atoms with Gasteiger partial charge in [-0.2, -0.15) is 5.10 Å². The van der Waals surface area contributed by atoms with Crippen molar-refractivity contribution in [2.45, 2.75) is 45.7 Å². The summed E-state index contributed by atoms with van der Waals surface area (Å²) < 4.78 is 0. The first kappa shape index (κ1) is 16.5. The maximum atomic E-state index is 12.2. The van der Waals surface area contributed by atoms with Gasteiger partial charge in [-0.15, -0.1) is 0 Å². The van der Waals surface area contributed by atoms with Gasteiger partial charge in [0.25, 0.3) is 0 Å². The molecule has 2 heterocycles. The van der Waals surface area contributed by atoms with Gasteiger partial charge < -0.3 is 10.0 Å². The van der Waals surface area contributed by atoms with Crippen LogP contribution in [0.5, 0.6) is 0 Å². The van der Waals surface area contributed by atoms with E-state index in [0.717, 1.165) is 11.4 Å². The summed E-state index contributed by atoms with van der Waals surface area (Å²) >= 11 is 0. The molecule has 22 heavy (non-hydrogen) atoms. The molecule has 0 aromatic carbocycles. The topological polar surface area (TPSA) is 89.5 Å². The first-order valence-corrected chi connectivity index (χ1v) is 7.48. The molecule has 0 aliphatic carbocycles. The van der Waals surface area contributed by atoms with E-state index in [1.165, 1.54) is 4.90 Å². The summed E-state index contributed by atoms with van der Waals surface area (Å²) in [5, 5.41) is 16.2. The van der Waals surface area contributed by atoms with E-state index in [1.54, 1.807) is 0 Å². The number of amides is 1. The van der Waals surface area contributed by atoms with Crippen LogP contribution in [0.25, 0.3) is 0 Å². The number of aromatic amines is 1. The molecule has 1 aromatic rings. The summed E-state index contributed by atoms with van der Waals surface area (Å²) in [6, 6.07) is 1.70. The van der Waals surface area contributed by atoms with Gasteiger partial charge in [-0.1, -0.05) is 20.8 Å². The molecular weight excluding hydrogens is 284 g/mol. The van der Waals surface area contributed by atoms with Crippen LogP contribution in [0.15, 0.2) is 6.07 Å². The highest BCUT2D eigenvalue weighted by molar-refractivity contribution is 5.85. The monoisotopic (exact) mass is 308 g/mol. The van der Waals surface area contributed by atoms with Gasteiger partial charge in [0.1, 0.15) is 6.54 Å². The zero-order chi connectivity index (χ0) is 16.5. The van der Waals surface area contributed by atoms with E-state index in [-0.39, 0.29) is 23.9 Å². The van der Waals surface area contributed by atoms with Crippen molar-refractivity contribution >= 4 is 11.9 Å². The predicted octanol–water partition coefficient (Wildman–Crippen LogP) is 0.825. The third-order valence-electron chi connectivity index (χ3n) is 3.97. The second-order valence-electron chi connectivity index (χ2n) is 6.83. The summed E-state index contributed by atoms with van der Waals surface area (Å²) in [6.07, 6.45) is 0. The van der Waals surface area contributed by atoms with Crippen LogP contribution in [0.4, 0.5) is 0 Å². The Morgan fingerprint density at radius 3 is 2.68 bits per heavy atom. The van der Waals surface area contributed by atoms with Gasteiger partial charge in [0.15, 0.2) is 0 Å². The minimum Gasteiger partial charge on any atom is -0.480 e. The molecule has 1 saturated heterocycles. The highest BCUT2D eigenvalue weighted by Crippen LogP contribution is 2.21. The van der Waals surface area contributed by atoms with E-state index in [0.29, 0.717) is 19.6 Å². The number of carbonyl (C=O) groups excluding carboxylic acids is 1. The van der Waals surface area contributed by atoms with Crippen LogP contribution >= 0.6 is 0 Å². The minimum atomic E-state index is -0.975. The summed E-state index contributed by atoms with van der Waals surface area (Å²) in [4.78, 5) is 26.4. The number of aromatic nitrogens is 2. The Labute approximate surface area is 130 Å². The number of carboxylic acids is 1. The van der Waals surface area contributed by atoms with Crippen molar-refractivity contribution < 1.29 is 14.7 Å². The molecule has 1 atom stereocenters. The molecule has 0 saturated carbocycles. The van der Waals surface area contributed by atoms with Crippen molar-refractivity contribution in [3.05, 3.63) is 17.5 Å². The highest BCUT2D eigenvalue weighted by Gasteiger charge is 2.32. The largest absolute Gasteiger partial charge is 0.480 e. The summed E-state index contributed by atoms with van der Waals surface area (Å²) in [5.74, 6) is -1.11. The number of carboxylic acid groups (broad SMARTS) is 1. The second-order valence-corrected chi connectivity index (χ2v) is 6.83. The van der Waals surface area contributed by atoms with Crippen LogP contribution in [0.3, 0.4) is 0 Å². The molecule has 7 nitrogen and oxygen atoms in total. The van der Waals surface area contributed by atoms with Crippen LogP contribution < -0.4 is 0 Å². The average molecular weight is 308 g/mol. The zero-order valence-corrected chi connectivity index (χ0v) is 13.6. The number of H-pyrrole nitrogens is 1. The van der Waals surface area contributed by atoms with Crippen molar-refractivity contribution in [1.29, 1.82) is 0 Å². The highest BCUT2D eigenvalue weighted by atomic mass is 16.4. The van der Waals surface area contributed by atoms with Gasteiger partial charge in [0.05, 0.1) is 11.7 Å². The summed E-state index contributed by atoms with van der Waals surface area (Å²) in [5.41, 5.74) is 1.94. The number of aliphatic carboxylic acids is 1. The lowest BCUT2D eigenvalue weighted by atomic mass is 9.92. The fraction of sp³-hybridized carbons (Fsp3) is 0.667. The van der Waals surface area contributed by atoms with E-state index < -0.39 is 5.97 Å². The SMILES string of the molecule is C[C@H]1C(=O)N(CC(=O)O)CCN1Cc1cc(C(C)(C)C)n[nH]1. The van der Waals surface area contributed by atoms with Crippen LogP contribution in [0.1, 0.15) is 39.1 Å². The van der Waals surface area contributed by atoms with Gasteiger partial charge in [-0.05, 0) is 13.0 Å². The zero-order valence-electron chi connectivity index (χ0n) is 13.6. The number of piperazine rings is 1. The molecule has 1 aromatic heterocycles. The minimum absolute atomic E-state index is 0.0175. The number of hydrogen-bond acceptors (Lipinski definition) is 4. The van der Waals surface area contributed by atoms with E-state index in [9.17, 15) is 9.59 Å². The number of hydrogen-bond donors (Lipinski definition) is 2. The number of nitrogens with zero attached hydrogens (tertiary/aromatic N) is 3. The molecule has 2 rings (SSSR count). The Bertz CT molecular complexity index is 561. The van der Waals surface area contributed by atoms with Crippen molar-refractivity contribution in [3.8, 4) is 0 Å². The quantitative estimate of drug-likeness (QED) is 0.860. The van der Waals surface area contributed by atoms with E-state index in [2.05, 4.69) is 31.0 Å². The standard InChI is InChI=1S/C15H24N4O3/c1-10-14(22)19(9-13(20)21)6-5-18(10)8-11-7-12(17-16-11)15(2,3)4/h7,10H,5-6,8-9H2,1-4H3,(H,16,17)(H,20,21)/t10-/m0/s1. The van der Waals surface area contributed by atoms with Gasteiger partial charge in [-0.3, -0.25) is 19.6 Å². The maximum Gasteiger partial charge on any atom is 0.323 e. The van der Waals surface area contributed by atoms with Crippen molar-refractivity contribution in [3.63, 3.8) is 0 Å². The fourth-order valence-electron chi connectivity index (χ4n) is 2.56. The van der Waals surface area contributed by atoms with Gasteiger partial charge in [-0.25, -0.2) is 0 Å². The molecule has 1 amide bonds. The fourth-order valence-corrected chi connectivity index (χ4v) is 2.56. The van der Waals surface area contributed by atoms with Gasteiger partial charge in [0.2, 0.25) is 5.91 Å². The lowest BCUT2D eigenvalue weighted by Gasteiger charge is -2.38. The first-order chi connectivity index (χ1) is 10.2. The third kappa shape index (κ3) is 3.65. The number of nitrogens with one attached hydrogen (secondary N) is 1. The summed E-state index contributed by atoms with van der Waals surface area (Å²) in [6.45, 7) is 9.60. The normalized spacial score (nSPS) is 20.5. The van der Waals surface area contributed by atoms with E-state index in [4.69, 9.17) is 5.11 Å². The molecule has 122 valence electrons. The molecule has 0 spiro atoms. The summed E-state index contributed by atoms with van der Waals surface area (Å²) in [7, 11) is 0. The molecule has 7 heteroatoms. The maximum absolute atomic E-state index is 12.2. The number of rotatable bonds is 4. The molecule has 2 N–H and O–H groups in total. The van der Waals surface area contributed by atoms with Crippen LogP contribution in [-0.2, 0) is 21.5 Å². The molecule has 1 fully saturated rings. The number of carbonyl (C=O) groups is 2. The Hall–Kier alpha value is -1.89. The molecule has 0 unspecified atom stereocenters. The van der Waals surface area contributed by atoms with E-state index in [1.807, 2.05) is 17.9 Å². The smallest absolute Gasteiger partial charge is 0.323 e. The Kier molecular flexibility index (Phi) is 4.55. The Balaban J connectivity index is 2.01. The molecule has 1 aliphatic heterocycles. The van der Waals surface area contributed by atoms with Crippen LogP contribution in [0.2, 0.25) is 0 Å². The molecule has 1 aliphatic rings. The molecule has 0 radical (unpaired) electrons. The Morgan fingerprint density at radius 1 is 1.45 bits per heavy atom. The first-order valence-electron chi connectivity index (χ1n) is 7.48.